The zero-order valence-electron chi connectivity index (χ0n) is 24.9. The van der Waals surface area contributed by atoms with Crippen molar-refractivity contribution < 1.29 is 0 Å². The average molecular weight is 605 g/mol. The summed E-state index contributed by atoms with van der Waals surface area (Å²) >= 11 is 0. The Morgan fingerprint density at radius 2 is 1.06 bits per heavy atom. The van der Waals surface area contributed by atoms with Gasteiger partial charge < -0.3 is 0 Å². The summed E-state index contributed by atoms with van der Waals surface area (Å²) in [6, 6.07) is 42.3. The summed E-state index contributed by atoms with van der Waals surface area (Å²) in [7, 11) is 0. The molecule has 8 heteroatoms. The van der Waals surface area contributed by atoms with Gasteiger partial charge in [-0.3, -0.25) is 14.4 Å². The zero-order valence-corrected chi connectivity index (χ0v) is 24.9. The standard InChI is InChI=1S/C39H24N8/c1-2-16-30-29(15-1)35-36(47-22-8-5-19-33(47)43-35)34(42-30)27-13-9-11-25(23-27)26-12-10-14-28(24-26)37-44-38(31-17-3-6-20-40-31)46-39(45-37)32-18-4-7-21-41-32/h1-24H. The lowest BCUT2D eigenvalue weighted by Crippen LogP contribution is -2.01. The number of imidazole rings is 1. The Balaban J connectivity index is 1.18. The minimum atomic E-state index is 0.489. The van der Waals surface area contributed by atoms with Gasteiger partial charge in [-0.2, -0.15) is 0 Å². The molecule has 0 N–H and O–H groups in total. The van der Waals surface area contributed by atoms with E-state index in [0.29, 0.717) is 28.9 Å². The average Bonchev–Trinajstić information content (AvgIpc) is 3.55. The fraction of sp³-hybridized carbons (Fsp3) is 0. The van der Waals surface area contributed by atoms with Gasteiger partial charge in [-0.05, 0) is 65.7 Å². The van der Waals surface area contributed by atoms with Crippen molar-refractivity contribution in [3.05, 3.63) is 146 Å². The molecule has 0 bridgehead atoms. The van der Waals surface area contributed by atoms with Gasteiger partial charge in [0.05, 0.1) is 16.7 Å². The van der Waals surface area contributed by atoms with Crippen molar-refractivity contribution in [2.24, 2.45) is 0 Å². The van der Waals surface area contributed by atoms with Crippen LogP contribution in [-0.4, -0.2) is 39.3 Å². The van der Waals surface area contributed by atoms with E-state index in [4.69, 9.17) is 24.9 Å². The first-order valence-corrected chi connectivity index (χ1v) is 15.2. The molecule has 0 aliphatic carbocycles. The predicted octanol–water partition coefficient (Wildman–Crippen LogP) is 8.35. The normalized spacial score (nSPS) is 11.4. The van der Waals surface area contributed by atoms with Gasteiger partial charge in [0, 0.05) is 35.1 Å². The smallest absolute Gasteiger partial charge is 0.182 e. The number of fused-ring (bicyclic) bond motifs is 5. The van der Waals surface area contributed by atoms with E-state index in [1.54, 1.807) is 12.4 Å². The van der Waals surface area contributed by atoms with Crippen LogP contribution in [0, 0.1) is 0 Å². The first-order valence-electron chi connectivity index (χ1n) is 15.2. The quantitative estimate of drug-likeness (QED) is 0.195. The molecule has 3 aromatic carbocycles. The first-order chi connectivity index (χ1) is 23.3. The summed E-state index contributed by atoms with van der Waals surface area (Å²) < 4.78 is 2.12. The van der Waals surface area contributed by atoms with E-state index in [0.717, 1.165) is 55.5 Å². The molecule has 6 heterocycles. The summed E-state index contributed by atoms with van der Waals surface area (Å²) in [5.41, 5.74) is 9.87. The molecule has 0 aliphatic rings. The molecule has 0 unspecified atom stereocenters. The van der Waals surface area contributed by atoms with Crippen molar-refractivity contribution in [1.29, 1.82) is 0 Å². The van der Waals surface area contributed by atoms with Crippen molar-refractivity contribution in [3.8, 4) is 56.8 Å². The van der Waals surface area contributed by atoms with Crippen LogP contribution in [-0.2, 0) is 0 Å². The van der Waals surface area contributed by atoms with Gasteiger partial charge in [0.25, 0.3) is 0 Å². The third-order valence-corrected chi connectivity index (χ3v) is 8.16. The maximum atomic E-state index is 5.17. The molecule has 0 spiro atoms. The van der Waals surface area contributed by atoms with Crippen LogP contribution in [0.4, 0.5) is 0 Å². The van der Waals surface area contributed by atoms with Crippen LogP contribution in [0.15, 0.2) is 146 Å². The first kappa shape index (κ1) is 26.7. The number of aromatic nitrogens is 8. The molecule has 0 fully saturated rings. The largest absolute Gasteiger partial charge is 0.298 e. The third kappa shape index (κ3) is 4.76. The Hall–Kier alpha value is -6.67. The fourth-order valence-electron chi connectivity index (χ4n) is 5.96. The second-order valence-corrected chi connectivity index (χ2v) is 11.1. The van der Waals surface area contributed by atoms with Crippen LogP contribution in [0.5, 0.6) is 0 Å². The molecule has 9 aromatic rings. The Labute approximate surface area is 269 Å². The van der Waals surface area contributed by atoms with Crippen molar-refractivity contribution in [2.75, 3.05) is 0 Å². The van der Waals surface area contributed by atoms with Crippen LogP contribution < -0.4 is 0 Å². The van der Waals surface area contributed by atoms with Crippen LogP contribution in [0.1, 0.15) is 0 Å². The lowest BCUT2D eigenvalue weighted by atomic mass is 9.99. The zero-order chi connectivity index (χ0) is 31.2. The summed E-state index contributed by atoms with van der Waals surface area (Å²) in [5.74, 6) is 1.52. The molecule has 9 rings (SSSR count). The van der Waals surface area contributed by atoms with Crippen LogP contribution in [0.2, 0.25) is 0 Å². The van der Waals surface area contributed by atoms with Crippen molar-refractivity contribution in [1.82, 2.24) is 39.3 Å². The van der Waals surface area contributed by atoms with Gasteiger partial charge in [-0.15, -0.1) is 0 Å². The van der Waals surface area contributed by atoms with Crippen molar-refractivity contribution in [2.45, 2.75) is 0 Å². The molecule has 8 nitrogen and oxygen atoms in total. The fourth-order valence-corrected chi connectivity index (χ4v) is 5.96. The van der Waals surface area contributed by atoms with E-state index in [-0.39, 0.29) is 0 Å². The van der Waals surface area contributed by atoms with E-state index in [2.05, 4.69) is 56.8 Å². The second kappa shape index (κ2) is 11.0. The summed E-state index contributed by atoms with van der Waals surface area (Å²) in [5, 5.41) is 1.03. The highest BCUT2D eigenvalue weighted by molar-refractivity contribution is 6.09. The van der Waals surface area contributed by atoms with E-state index in [9.17, 15) is 0 Å². The Bertz CT molecular complexity index is 2520. The molecule has 0 amide bonds. The Kier molecular flexibility index (Phi) is 6.28. The van der Waals surface area contributed by atoms with Crippen molar-refractivity contribution >= 4 is 27.6 Å². The highest BCUT2D eigenvalue weighted by Gasteiger charge is 2.18. The lowest BCUT2D eigenvalue weighted by Gasteiger charge is -2.11. The molecule has 0 atom stereocenters. The maximum Gasteiger partial charge on any atom is 0.182 e. The van der Waals surface area contributed by atoms with Crippen molar-refractivity contribution in [3.63, 3.8) is 0 Å². The predicted molar refractivity (Wildman–Crippen MR) is 184 cm³/mol. The van der Waals surface area contributed by atoms with Crippen LogP contribution in [0.3, 0.4) is 0 Å². The number of pyridine rings is 4. The van der Waals surface area contributed by atoms with Gasteiger partial charge in [-0.25, -0.2) is 24.9 Å². The Morgan fingerprint density at radius 3 is 1.79 bits per heavy atom. The van der Waals surface area contributed by atoms with E-state index in [1.807, 2.05) is 91.1 Å². The van der Waals surface area contributed by atoms with Crippen LogP contribution in [0.25, 0.3) is 84.4 Å². The van der Waals surface area contributed by atoms with Gasteiger partial charge in [0.1, 0.15) is 22.6 Å². The van der Waals surface area contributed by atoms with Gasteiger partial charge in [0.15, 0.2) is 17.5 Å². The summed E-state index contributed by atoms with van der Waals surface area (Å²) in [6.45, 7) is 0. The molecule has 0 radical (unpaired) electrons. The Morgan fingerprint density at radius 1 is 0.447 bits per heavy atom. The van der Waals surface area contributed by atoms with E-state index >= 15 is 0 Å². The molecule has 47 heavy (non-hydrogen) atoms. The van der Waals surface area contributed by atoms with E-state index in [1.165, 1.54) is 0 Å². The summed E-state index contributed by atoms with van der Waals surface area (Å²) in [4.78, 5) is 33.6. The molecule has 0 aliphatic heterocycles. The van der Waals surface area contributed by atoms with Gasteiger partial charge in [0.2, 0.25) is 0 Å². The molecule has 6 aromatic heterocycles. The topological polar surface area (TPSA) is 94.6 Å². The highest BCUT2D eigenvalue weighted by Crippen LogP contribution is 2.35. The maximum absolute atomic E-state index is 5.17. The molecule has 220 valence electrons. The molecule has 0 saturated heterocycles. The van der Waals surface area contributed by atoms with Crippen LogP contribution >= 0.6 is 0 Å². The minimum Gasteiger partial charge on any atom is -0.298 e. The molecular formula is C39H24N8. The number of para-hydroxylation sites is 1. The lowest BCUT2D eigenvalue weighted by molar-refractivity contribution is 1.05. The highest BCUT2D eigenvalue weighted by atomic mass is 15.1. The number of rotatable bonds is 5. The molecular weight excluding hydrogens is 580 g/mol. The number of hydrogen-bond donors (Lipinski definition) is 0. The number of nitrogens with zero attached hydrogens (tertiary/aromatic N) is 8. The summed E-state index contributed by atoms with van der Waals surface area (Å²) in [6.07, 6.45) is 5.51. The van der Waals surface area contributed by atoms with Gasteiger partial charge in [-0.1, -0.05) is 72.8 Å². The minimum absolute atomic E-state index is 0.489. The monoisotopic (exact) mass is 604 g/mol. The third-order valence-electron chi connectivity index (χ3n) is 8.16. The second-order valence-electron chi connectivity index (χ2n) is 11.1. The number of benzene rings is 3. The molecule has 0 saturated carbocycles. The SMILES string of the molecule is c1ccc(-c2nc(-c3cccc(-c4cccc(-c5nc6ccccc6c6nc7ccccn7c56)c4)c3)nc(-c3ccccn3)n2)nc1. The van der Waals surface area contributed by atoms with E-state index < -0.39 is 0 Å². The number of hydrogen-bond acceptors (Lipinski definition) is 7. The van der Waals surface area contributed by atoms with Gasteiger partial charge >= 0.3 is 0 Å².